The average Bonchev–Trinajstić information content (AvgIpc) is 2.70. The van der Waals surface area contributed by atoms with Crippen LogP contribution in [0.1, 0.15) is 17.2 Å². The smallest absolute Gasteiger partial charge is 0.129 e. The summed E-state index contributed by atoms with van der Waals surface area (Å²) >= 11 is 0. The van der Waals surface area contributed by atoms with Crippen LogP contribution in [0.15, 0.2) is 30.6 Å². The van der Waals surface area contributed by atoms with Gasteiger partial charge in [0.15, 0.2) is 0 Å². The zero-order chi connectivity index (χ0) is 12.4. The summed E-state index contributed by atoms with van der Waals surface area (Å²) in [4.78, 5) is 0. The molecule has 3 nitrogen and oxygen atoms in total. The Labute approximate surface area is 97.3 Å². The Balaban J connectivity index is 2.21. The van der Waals surface area contributed by atoms with Gasteiger partial charge in [-0.2, -0.15) is 5.10 Å². The van der Waals surface area contributed by atoms with Crippen molar-refractivity contribution < 1.29 is 13.9 Å². The molecule has 90 valence electrons. The van der Waals surface area contributed by atoms with Gasteiger partial charge in [0.05, 0.1) is 12.3 Å². The van der Waals surface area contributed by atoms with Crippen molar-refractivity contribution in [1.82, 2.24) is 9.78 Å². The first-order chi connectivity index (χ1) is 8.08. The number of rotatable bonds is 3. The maximum atomic E-state index is 13.4. The van der Waals surface area contributed by atoms with Gasteiger partial charge in [-0.25, -0.2) is 8.78 Å². The van der Waals surface area contributed by atoms with Crippen LogP contribution in [-0.4, -0.2) is 14.9 Å². The first kappa shape index (κ1) is 11.7. The molecule has 0 bridgehead atoms. The predicted molar refractivity (Wildman–Crippen MR) is 58.2 cm³/mol. The standard InChI is InChI=1S/C12H12F2N2O/c1-16-7-8(6-15-16)12(17)5-9-10(13)3-2-4-11(9)14/h2-4,6-7,12,17H,5H2,1H3. The van der Waals surface area contributed by atoms with Crippen LogP contribution < -0.4 is 0 Å². The Morgan fingerprint density at radius 1 is 1.35 bits per heavy atom. The summed E-state index contributed by atoms with van der Waals surface area (Å²) < 4.78 is 28.2. The number of hydrogen-bond acceptors (Lipinski definition) is 2. The van der Waals surface area contributed by atoms with Gasteiger partial charge in [0.2, 0.25) is 0 Å². The third-order valence-electron chi connectivity index (χ3n) is 2.57. The lowest BCUT2D eigenvalue weighted by atomic mass is 10.0. The van der Waals surface area contributed by atoms with E-state index in [1.807, 2.05) is 0 Å². The first-order valence-electron chi connectivity index (χ1n) is 5.17. The zero-order valence-corrected chi connectivity index (χ0v) is 9.27. The van der Waals surface area contributed by atoms with Crippen LogP contribution in [0.4, 0.5) is 8.78 Å². The monoisotopic (exact) mass is 238 g/mol. The van der Waals surface area contributed by atoms with Crippen molar-refractivity contribution in [3.05, 3.63) is 53.4 Å². The van der Waals surface area contributed by atoms with Crippen LogP contribution in [-0.2, 0) is 13.5 Å². The zero-order valence-electron chi connectivity index (χ0n) is 9.27. The molecule has 1 N–H and O–H groups in total. The molecule has 1 atom stereocenters. The molecule has 0 radical (unpaired) electrons. The lowest BCUT2D eigenvalue weighted by Crippen LogP contribution is -2.05. The highest BCUT2D eigenvalue weighted by molar-refractivity contribution is 5.22. The van der Waals surface area contributed by atoms with E-state index in [4.69, 9.17) is 0 Å². The van der Waals surface area contributed by atoms with Crippen molar-refractivity contribution in [1.29, 1.82) is 0 Å². The molecular formula is C12H12F2N2O. The van der Waals surface area contributed by atoms with E-state index in [0.717, 1.165) is 0 Å². The molecule has 0 aliphatic carbocycles. The molecule has 0 aliphatic heterocycles. The summed E-state index contributed by atoms with van der Waals surface area (Å²) in [6.07, 6.45) is 2.02. The van der Waals surface area contributed by atoms with Crippen molar-refractivity contribution >= 4 is 0 Å². The second-order valence-electron chi connectivity index (χ2n) is 3.87. The third kappa shape index (κ3) is 2.50. The Hall–Kier alpha value is -1.75. The van der Waals surface area contributed by atoms with E-state index in [2.05, 4.69) is 5.10 Å². The highest BCUT2D eigenvalue weighted by atomic mass is 19.1. The van der Waals surface area contributed by atoms with Gasteiger partial charge in [0.1, 0.15) is 11.6 Å². The molecule has 0 amide bonds. The van der Waals surface area contributed by atoms with Gasteiger partial charge in [-0.05, 0) is 12.1 Å². The van der Waals surface area contributed by atoms with E-state index in [0.29, 0.717) is 5.56 Å². The maximum absolute atomic E-state index is 13.4. The number of aliphatic hydroxyl groups is 1. The van der Waals surface area contributed by atoms with Crippen molar-refractivity contribution in [2.45, 2.75) is 12.5 Å². The normalized spacial score (nSPS) is 12.7. The van der Waals surface area contributed by atoms with Crippen molar-refractivity contribution in [2.75, 3.05) is 0 Å². The SMILES string of the molecule is Cn1cc(C(O)Cc2c(F)cccc2F)cn1. The van der Waals surface area contributed by atoms with Gasteiger partial charge in [0, 0.05) is 30.8 Å². The number of aromatic nitrogens is 2. The molecular weight excluding hydrogens is 226 g/mol. The largest absolute Gasteiger partial charge is 0.388 e. The van der Waals surface area contributed by atoms with Gasteiger partial charge in [0.25, 0.3) is 0 Å². The van der Waals surface area contributed by atoms with E-state index < -0.39 is 17.7 Å². The number of benzene rings is 1. The molecule has 2 rings (SSSR count). The number of nitrogens with zero attached hydrogens (tertiary/aromatic N) is 2. The molecule has 1 unspecified atom stereocenters. The van der Waals surface area contributed by atoms with Gasteiger partial charge < -0.3 is 5.11 Å². The first-order valence-corrected chi connectivity index (χ1v) is 5.17. The minimum absolute atomic E-state index is 0.107. The summed E-state index contributed by atoms with van der Waals surface area (Å²) in [6.45, 7) is 0. The molecule has 0 spiro atoms. The van der Waals surface area contributed by atoms with Crippen LogP contribution in [0.5, 0.6) is 0 Å². The maximum Gasteiger partial charge on any atom is 0.129 e. The fourth-order valence-corrected chi connectivity index (χ4v) is 1.65. The fourth-order valence-electron chi connectivity index (χ4n) is 1.65. The number of aliphatic hydroxyl groups excluding tert-OH is 1. The second kappa shape index (κ2) is 4.63. The minimum atomic E-state index is -0.963. The van der Waals surface area contributed by atoms with Gasteiger partial charge in [-0.1, -0.05) is 6.07 Å². The number of aryl methyl sites for hydroxylation is 1. The van der Waals surface area contributed by atoms with Gasteiger partial charge >= 0.3 is 0 Å². The summed E-state index contributed by atoms with van der Waals surface area (Å²) in [5.41, 5.74) is 0.430. The predicted octanol–water partition coefficient (Wildman–Crippen LogP) is 1.97. The van der Waals surface area contributed by atoms with E-state index in [1.165, 1.54) is 29.1 Å². The highest BCUT2D eigenvalue weighted by Crippen LogP contribution is 2.21. The summed E-state index contributed by atoms with van der Waals surface area (Å²) in [6, 6.07) is 3.65. The van der Waals surface area contributed by atoms with Gasteiger partial charge in [-0.3, -0.25) is 4.68 Å². The number of halogens is 2. The molecule has 17 heavy (non-hydrogen) atoms. The Bertz CT molecular complexity index is 505. The van der Waals surface area contributed by atoms with Crippen molar-refractivity contribution in [3.63, 3.8) is 0 Å². The van der Waals surface area contributed by atoms with E-state index >= 15 is 0 Å². The summed E-state index contributed by atoms with van der Waals surface area (Å²) in [5, 5.41) is 13.7. The van der Waals surface area contributed by atoms with Crippen LogP contribution in [0.2, 0.25) is 0 Å². The molecule has 0 aliphatic rings. The molecule has 0 saturated heterocycles. The Kier molecular flexibility index (Phi) is 3.19. The molecule has 0 fully saturated rings. The lowest BCUT2D eigenvalue weighted by Gasteiger charge is -2.09. The van der Waals surface area contributed by atoms with E-state index in [1.54, 1.807) is 13.2 Å². The van der Waals surface area contributed by atoms with E-state index in [9.17, 15) is 13.9 Å². The molecule has 5 heteroatoms. The Morgan fingerprint density at radius 2 is 2.00 bits per heavy atom. The summed E-state index contributed by atoms with van der Waals surface area (Å²) in [5.74, 6) is -1.29. The highest BCUT2D eigenvalue weighted by Gasteiger charge is 2.16. The van der Waals surface area contributed by atoms with Crippen LogP contribution in [0.3, 0.4) is 0 Å². The second-order valence-corrected chi connectivity index (χ2v) is 3.87. The van der Waals surface area contributed by atoms with E-state index in [-0.39, 0.29) is 12.0 Å². The number of hydrogen-bond donors (Lipinski definition) is 1. The van der Waals surface area contributed by atoms with Crippen LogP contribution >= 0.6 is 0 Å². The third-order valence-corrected chi connectivity index (χ3v) is 2.57. The molecule has 1 aromatic heterocycles. The van der Waals surface area contributed by atoms with Crippen molar-refractivity contribution in [2.24, 2.45) is 7.05 Å². The Morgan fingerprint density at radius 3 is 2.53 bits per heavy atom. The minimum Gasteiger partial charge on any atom is -0.388 e. The van der Waals surface area contributed by atoms with Crippen LogP contribution in [0.25, 0.3) is 0 Å². The fraction of sp³-hybridized carbons (Fsp3) is 0.250. The summed E-state index contributed by atoms with van der Waals surface area (Å²) in [7, 11) is 1.71. The molecule has 1 heterocycles. The quantitative estimate of drug-likeness (QED) is 0.887. The molecule has 0 saturated carbocycles. The topological polar surface area (TPSA) is 38.0 Å². The average molecular weight is 238 g/mol. The van der Waals surface area contributed by atoms with Crippen LogP contribution in [0, 0.1) is 11.6 Å². The molecule has 2 aromatic rings. The lowest BCUT2D eigenvalue weighted by molar-refractivity contribution is 0.175. The van der Waals surface area contributed by atoms with Crippen molar-refractivity contribution in [3.8, 4) is 0 Å². The molecule has 1 aromatic carbocycles. The van der Waals surface area contributed by atoms with Gasteiger partial charge in [-0.15, -0.1) is 0 Å².